The van der Waals surface area contributed by atoms with Crippen LogP contribution in [0, 0.1) is 0 Å². The fourth-order valence-electron chi connectivity index (χ4n) is 1.19. The molecule has 0 aromatic carbocycles. The van der Waals surface area contributed by atoms with Crippen LogP contribution in [0.1, 0.15) is 6.42 Å². The molecule has 11 heavy (non-hydrogen) atoms. The molecule has 2 atom stereocenters. The molecule has 2 aliphatic rings. The Balaban J connectivity index is 2.06. The van der Waals surface area contributed by atoms with E-state index >= 15 is 0 Å². The Morgan fingerprint density at radius 2 is 2.64 bits per heavy atom. The third-order valence-electron chi connectivity index (χ3n) is 1.87. The first-order valence-electron chi connectivity index (χ1n) is 3.49. The normalized spacial score (nSPS) is 35.0. The van der Waals surface area contributed by atoms with Crippen molar-refractivity contribution >= 4 is 5.91 Å². The second kappa shape index (κ2) is 2.32. The van der Waals surface area contributed by atoms with E-state index in [1.54, 1.807) is 24.3 Å². The first-order chi connectivity index (χ1) is 5.31. The first-order valence-corrected chi connectivity index (χ1v) is 3.49. The highest BCUT2D eigenvalue weighted by Gasteiger charge is 2.39. The second-order valence-corrected chi connectivity index (χ2v) is 2.54. The lowest BCUT2D eigenvalue weighted by molar-refractivity contribution is -0.210. The van der Waals surface area contributed by atoms with Crippen LogP contribution in [-0.2, 0) is 14.3 Å². The summed E-state index contributed by atoms with van der Waals surface area (Å²) in [7, 11) is 1.57. The zero-order valence-corrected chi connectivity index (χ0v) is 6.19. The van der Waals surface area contributed by atoms with Crippen molar-refractivity contribution in [1.82, 2.24) is 4.90 Å². The van der Waals surface area contributed by atoms with Gasteiger partial charge in [-0.1, -0.05) is 0 Å². The van der Waals surface area contributed by atoms with Gasteiger partial charge in [0.05, 0.1) is 6.42 Å². The highest BCUT2D eigenvalue weighted by molar-refractivity contribution is 5.83. The SMILES string of the molecule is COC1C=CN2C(=O)C[C@H]2O1. The second-order valence-electron chi connectivity index (χ2n) is 2.54. The number of ether oxygens (including phenoxy) is 2. The molecule has 0 aliphatic carbocycles. The van der Waals surface area contributed by atoms with Gasteiger partial charge >= 0.3 is 0 Å². The molecule has 2 rings (SSSR count). The van der Waals surface area contributed by atoms with Crippen LogP contribution >= 0.6 is 0 Å². The Morgan fingerprint density at radius 3 is 3.18 bits per heavy atom. The highest BCUT2D eigenvalue weighted by Crippen LogP contribution is 2.26. The largest absolute Gasteiger partial charge is 0.352 e. The first kappa shape index (κ1) is 6.82. The molecule has 2 aliphatic heterocycles. The van der Waals surface area contributed by atoms with Gasteiger partial charge in [0, 0.05) is 13.3 Å². The van der Waals surface area contributed by atoms with Gasteiger partial charge in [0.2, 0.25) is 5.91 Å². The number of amides is 1. The Bertz CT molecular complexity index is 214. The summed E-state index contributed by atoms with van der Waals surface area (Å²) in [5.74, 6) is 0.112. The van der Waals surface area contributed by atoms with E-state index in [0.717, 1.165) is 0 Å². The molecule has 4 heteroatoms. The van der Waals surface area contributed by atoms with E-state index < -0.39 is 0 Å². The van der Waals surface area contributed by atoms with Gasteiger partial charge in [0.1, 0.15) is 6.23 Å². The van der Waals surface area contributed by atoms with Crippen molar-refractivity contribution in [2.45, 2.75) is 18.9 Å². The minimum atomic E-state index is -0.288. The Hall–Kier alpha value is -0.870. The van der Waals surface area contributed by atoms with E-state index in [9.17, 15) is 4.79 Å². The molecule has 0 radical (unpaired) electrons. The summed E-state index contributed by atoms with van der Waals surface area (Å²) in [5.41, 5.74) is 0. The third-order valence-corrected chi connectivity index (χ3v) is 1.87. The van der Waals surface area contributed by atoms with Gasteiger partial charge in [-0.3, -0.25) is 9.69 Å². The van der Waals surface area contributed by atoms with Crippen molar-refractivity contribution < 1.29 is 14.3 Å². The fourth-order valence-corrected chi connectivity index (χ4v) is 1.19. The zero-order chi connectivity index (χ0) is 7.84. The molecule has 0 aromatic rings. The molecule has 0 aromatic heterocycles. The van der Waals surface area contributed by atoms with Gasteiger partial charge in [-0.15, -0.1) is 0 Å². The number of hydrogen-bond donors (Lipinski definition) is 0. The molecule has 1 fully saturated rings. The molecule has 60 valence electrons. The molecular formula is C7H9NO3. The highest BCUT2D eigenvalue weighted by atomic mass is 16.7. The Kier molecular flexibility index (Phi) is 1.44. The topological polar surface area (TPSA) is 38.8 Å². The standard InChI is InChI=1S/C7H9NO3/c1-10-7-2-3-8-5(9)4-6(8)11-7/h2-3,6-7H,4H2,1H3/t6-,7?/m1/s1. The Morgan fingerprint density at radius 1 is 1.82 bits per heavy atom. The summed E-state index contributed by atoms with van der Waals surface area (Å²) >= 11 is 0. The lowest BCUT2D eigenvalue weighted by Gasteiger charge is -2.41. The molecule has 1 unspecified atom stereocenters. The number of methoxy groups -OCH3 is 1. The van der Waals surface area contributed by atoms with Crippen molar-refractivity contribution in [3.63, 3.8) is 0 Å². The maximum Gasteiger partial charge on any atom is 0.233 e. The molecule has 4 nitrogen and oxygen atoms in total. The number of nitrogens with zero attached hydrogens (tertiary/aromatic N) is 1. The van der Waals surface area contributed by atoms with Gasteiger partial charge in [0.15, 0.2) is 6.29 Å². The lowest BCUT2D eigenvalue weighted by Crippen LogP contribution is -2.54. The van der Waals surface area contributed by atoms with Crippen LogP contribution in [0.5, 0.6) is 0 Å². The summed E-state index contributed by atoms with van der Waals surface area (Å²) < 4.78 is 10.2. The van der Waals surface area contributed by atoms with Crippen molar-refractivity contribution in [2.75, 3.05) is 7.11 Å². The Labute approximate surface area is 64.4 Å². The maximum atomic E-state index is 10.8. The summed E-state index contributed by atoms with van der Waals surface area (Å²) in [6.07, 6.45) is 3.54. The van der Waals surface area contributed by atoms with Crippen LogP contribution in [0.15, 0.2) is 12.3 Å². The number of carbonyl (C=O) groups excluding carboxylic acids is 1. The van der Waals surface area contributed by atoms with E-state index in [1.807, 2.05) is 0 Å². The number of carbonyl (C=O) groups is 1. The average molecular weight is 155 g/mol. The smallest absolute Gasteiger partial charge is 0.233 e. The minimum absolute atomic E-state index is 0.0857. The van der Waals surface area contributed by atoms with Crippen LogP contribution in [0.2, 0.25) is 0 Å². The van der Waals surface area contributed by atoms with Crippen LogP contribution < -0.4 is 0 Å². The van der Waals surface area contributed by atoms with Crippen LogP contribution in [0.4, 0.5) is 0 Å². The molecule has 0 bridgehead atoms. The summed E-state index contributed by atoms with van der Waals surface area (Å²) in [6, 6.07) is 0. The predicted octanol–water partition coefficient (Wildman–Crippen LogP) is 0.0612. The van der Waals surface area contributed by atoms with E-state index in [2.05, 4.69) is 0 Å². The van der Waals surface area contributed by atoms with Crippen LogP contribution in [0.25, 0.3) is 0 Å². The summed E-state index contributed by atoms with van der Waals surface area (Å²) in [4.78, 5) is 12.4. The third kappa shape index (κ3) is 0.948. The van der Waals surface area contributed by atoms with Crippen molar-refractivity contribution in [3.8, 4) is 0 Å². The molecule has 0 N–H and O–H groups in total. The number of β-lactam (4-membered cyclic amide) rings is 1. The average Bonchev–Trinajstić information content (AvgIpc) is 2.02. The van der Waals surface area contributed by atoms with E-state index in [0.29, 0.717) is 6.42 Å². The zero-order valence-electron chi connectivity index (χ0n) is 6.19. The van der Waals surface area contributed by atoms with Crippen LogP contribution in [0.3, 0.4) is 0 Å². The number of hydrogen-bond acceptors (Lipinski definition) is 3. The molecule has 2 heterocycles. The van der Waals surface area contributed by atoms with Crippen LogP contribution in [-0.4, -0.2) is 30.4 Å². The van der Waals surface area contributed by atoms with Gasteiger partial charge in [-0.2, -0.15) is 0 Å². The summed E-state index contributed by atoms with van der Waals surface area (Å²) in [6.45, 7) is 0. The minimum Gasteiger partial charge on any atom is -0.352 e. The van der Waals surface area contributed by atoms with Crippen molar-refractivity contribution in [2.24, 2.45) is 0 Å². The van der Waals surface area contributed by atoms with E-state index in [4.69, 9.17) is 9.47 Å². The van der Waals surface area contributed by atoms with E-state index in [1.165, 1.54) is 0 Å². The summed E-state index contributed by atoms with van der Waals surface area (Å²) in [5, 5.41) is 0. The number of fused-ring (bicyclic) bond motifs is 1. The fraction of sp³-hybridized carbons (Fsp3) is 0.571. The molecule has 1 saturated heterocycles. The van der Waals surface area contributed by atoms with Gasteiger partial charge in [0.25, 0.3) is 0 Å². The van der Waals surface area contributed by atoms with E-state index in [-0.39, 0.29) is 18.4 Å². The monoisotopic (exact) mass is 155 g/mol. The van der Waals surface area contributed by atoms with Gasteiger partial charge < -0.3 is 9.47 Å². The van der Waals surface area contributed by atoms with Gasteiger partial charge in [-0.05, 0) is 6.08 Å². The molecule has 0 spiro atoms. The molecule has 1 amide bonds. The molecule has 0 saturated carbocycles. The predicted molar refractivity (Wildman–Crippen MR) is 36.3 cm³/mol. The van der Waals surface area contributed by atoms with Crippen molar-refractivity contribution in [1.29, 1.82) is 0 Å². The molecular weight excluding hydrogens is 146 g/mol. The maximum absolute atomic E-state index is 10.8. The lowest BCUT2D eigenvalue weighted by atomic mass is 10.1. The van der Waals surface area contributed by atoms with Crippen molar-refractivity contribution in [3.05, 3.63) is 12.3 Å². The van der Waals surface area contributed by atoms with Gasteiger partial charge in [-0.25, -0.2) is 0 Å². The number of rotatable bonds is 1. The quantitative estimate of drug-likeness (QED) is 0.503.